The van der Waals surface area contributed by atoms with Crippen molar-refractivity contribution in [3.63, 3.8) is 0 Å². The number of hydrogen-bond acceptors (Lipinski definition) is 4. The minimum absolute atomic E-state index is 0.242. The fourth-order valence-corrected chi connectivity index (χ4v) is 2.59. The van der Waals surface area contributed by atoms with Crippen molar-refractivity contribution in [1.29, 1.82) is 0 Å². The third-order valence-electron chi connectivity index (χ3n) is 4.24. The summed E-state index contributed by atoms with van der Waals surface area (Å²) in [7, 11) is 0. The minimum Gasteiger partial charge on any atom is -0.381 e. The molecule has 20 heavy (non-hydrogen) atoms. The van der Waals surface area contributed by atoms with Gasteiger partial charge in [-0.15, -0.1) is 0 Å². The summed E-state index contributed by atoms with van der Waals surface area (Å²) in [6.45, 7) is 5.19. The summed E-state index contributed by atoms with van der Waals surface area (Å²) in [6.07, 6.45) is 6.16. The predicted octanol–water partition coefficient (Wildman–Crippen LogP) is 1.21. The first-order chi connectivity index (χ1) is 9.60. The van der Waals surface area contributed by atoms with Gasteiger partial charge in [-0.05, 0) is 45.4 Å². The molecule has 1 saturated carbocycles. The van der Waals surface area contributed by atoms with E-state index in [1.165, 1.54) is 0 Å². The van der Waals surface area contributed by atoms with Crippen LogP contribution in [0.5, 0.6) is 0 Å². The van der Waals surface area contributed by atoms with Crippen LogP contribution in [0.4, 0.5) is 0 Å². The van der Waals surface area contributed by atoms with E-state index < -0.39 is 5.54 Å². The van der Waals surface area contributed by atoms with E-state index in [0.717, 1.165) is 65.0 Å². The Morgan fingerprint density at radius 1 is 1.40 bits per heavy atom. The molecule has 2 rings (SSSR count). The summed E-state index contributed by atoms with van der Waals surface area (Å²) in [5, 5.41) is 3.37. The molecule has 3 N–H and O–H groups in total. The Morgan fingerprint density at radius 3 is 2.80 bits per heavy atom. The largest absolute Gasteiger partial charge is 0.381 e. The summed E-state index contributed by atoms with van der Waals surface area (Å²) in [4.78, 5) is 11.6. The number of unbranched alkanes of at least 4 members (excludes halogenated alkanes) is 1. The average Bonchev–Trinajstić information content (AvgIpc) is 3.05. The molecule has 5 heteroatoms. The lowest BCUT2D eigenvalue weighted by molar-refractivity contribution is -0.124. The van der Waals surface area contributed by atoms with Crippen LogP contribution >= 0.6 is 0 Å². The highest BCUT2D eigenvalue weighted by Gasteiger charge is 2.36. The maximum atomic E-state index is 11.6. The second-order valence-electron chi connectivity index (χ2n) is 6.38. The van der Waals surface area contributed by atoms with E-state index in [2.05, 4.69) is 5.32 Å². The maximum Gasteiger partial charge on any atom is 0.237 e. The first-order valence-electron chi connectivity index (χ1n) is 7.83. The molecule has 0 aromatic carbocycles. The van der Waals surface area contributed by atoms with Gasteiger partial charge < -0.3 is 20.5 Å². The molecule has 2 atom stereocenters. The van der Waals surface area contributed by atoms with Crippen molar-refractivity contribution < 1.29 is 14.3 Å². The van der Waals surface area contributed by atoms with E-state index in [-0.39, 0.29) is 5.91 Å². The van der Waals surface area contributed by atoms with Crippen LogP contribution in [0.25, 0.3) is 0 Å². The molecule has 2 fully saturated rings. The van der Waals surface area contributed by atoms with Crippen LogP contribution in [-0.2, 0) is 14.3 Å². The second-order valence-corrected chi connectivity index (χ2v) is 6.38. The van der Waals surface area contributed by atoms with Crippen molar-refractivity contribution in [2.75, 3.05) is 26.4 Å². The quantitative estimate of drug-likeness (QED) is 0.591. The Labute approximate surface area is 121 Å². The summed E-state index contributed by atoms with van der Waals surface area (Å²) in [5.74, 6) is 0.329. The van der Waals surface area contributed by atoms with E-state index in [1.54, 1.807) is 0 Å². The summed E-state index contributed by atoms with van der Waals surface area (Å²) in [5.41, 5.74) is 4.97. The standard InChI is InChI=1S/C15H28N2O3/c1-15(14(16)18,17-13-4-5-13)7-2-3-8-19-10-12-6-9-20-11-12/h12-13,17H,2-11H2,1H3,(H2,16,18). The highest BCUT2D eigenvalue weighted by molar-refractivity contribution is 5.84. The lowest BCUT2D eigenvalue weighted by Crippen LogP contribution is -2.53. The van der Waals surface area contributed by atoms with Crippen molar-refractivity contribution in [2.45, 2.75) is 57.0 Å². The Kier molecular flexibility index (Phi) is 5.81. The summed E-state index contributed by atoms with van der Waals surface area (Å²) < 4.78 is 11.0. The molecular weight excluding hydrogens is 256 g/mol. The highest BCUT2D eigenvalue weighted by atomic mass is 16.5. The van der Waals surface area contributed by atoms with E-state index in [1.807, 2.05) is 6.92 Å². The third kappa shape index (κ3) is 5.04. The molecule has 2 aliphatic rings. The number of carbonyl (C=O) groups is 1. The molecule has 1 heterocycles. The van der Waals surface area contributed by atoms with Crippen molar-refractivity contribution in [2.24, 2.45) is 11.7 Å². The van der Waals surface area contributed by atoms with Crippen LogP contribution in [-0.4, -0.2) is 43.9 Å². The number of carbonyl (C=O) groups excluding carboxylic acids is 1. The number of primary amides is 1. The van der Waals surface area contributed by atoms with Crippen LogP contribution in [0.15, 0.2) is 0 Å². The van der Waals surface area contributed by atoms with Gasteiger partial charge in [0.05, 0.1) is 18.8 Å². The van der Waals surface area contributed by atoms with E-state index >= 15 is 0 Å². The van der Waals surface area contributed by atoms with Crippen LogP contribution in [0.2, 0.25) is 0 Å². The fraction of sp³-hybridized carbons (Fsp3) is 0.933. The van der Waals surface area contributed by atoms with Crippen molar-refractivity contribution in [3.8, 4) is 0 Å². The maximum absolute atomic E-state index is 11.6. The molecule has 1 aliphatic heterocycles. The Bertz CT molecular complexity index is 314. The van der Waals surface area contributed by atoms with Crippen LogP contribution in [0.3, 0.4) is 0 Å². The van der Waals surface area contributed by atoms with Gasteiger partial charge in [0.2, 0.25) is 5.91 Å². The van der Waals surface area contributed by atoms with Crippen LogP contribution < -0.4 is 11.1 Å². The zero-order chi connectivity index (χ0) is 14.4. The van der Waals surface area contributed by atoms with Crippen LogP contribution in [0.1, 0.15) is 45.4 Å². The lowest BCUT2D eigenvalue weighted by atomic mass is 9.94. The van der Waals surface area contributed by atoms with Gasteiger partial charge in [0, 0.05) is 25.2 Å². The average molecular weight is 284 g/mol. The molecule has 1 aliphatic carbocycles. The zero-order valence-corrected chi connectivity index (χ0v) is 12.5. The van der Waals surface area contributed by atoms with E-state index in [4.69, 9.17) is 15.2 Å². The third-order valence-corrected chi connectivity index (χ3v) is 4.24. The van der Waals surface area contributed by atoms with Gasteiger partial charge in [-0.1, -0.05) is 0 Å². The van der Waals surface area contributed by atoms with Crippen molar-refractivity contribution in [3.05, 3.63) is 0 Å². The molecule has 0 aromatic heterocycles. The van der Waals surface area contributed by atoms with Gasteiger partial charge in [-0.2, -0.15) is 0 Å². The smallest absolute Gasteiger partial charge is 0.237 e. The van der Waals surface area contributed by atoms with Gasteiger partial charge in [0.1, 0.15) is 0 Å². The van der Waals surface area contributed by atoms with Gasteiger partial charge >= 0.3 is 0 Å². The highest BCUT2D eigenvalue weighted by Crippen LogP contribution is 2.25. The summed E-state index contributed by atoms with van der Waals surface area (Å²) in [6, 6.07) is 0.492. The molecule has 1 saturated heterocycles. The fourth-order valence-electron chi connectivity index (χ4n) is 2.59. The minimum atomic E-state index is -0.555. The second kappa shape index (κ2) is 7.38. The number of ether oxygens (including phenoxy) is 2. The van der Waals surface area contributed by atoms with E-state index in [0.29, 0.717) is 12.0 Å². The number of hydrogen-bond donors (Lipinski definition) is 2. The van der Waals surface area contributed by atoms with Crippen molar-refractivity contribution >= 4 is 5.91 Å². The first-order valence-corrected chi connectivity index (χ1v) is 7.83. The molecule has 116 valence electrons. The first kappa shape index (κ1) is 15.7. The number of nitrogens with two attached hydrogens (primary N) is 1. The Morgan fingerprint density at radius 2 is 2.20 bits per heavy atom. The molecule has 1 amide bonds. The molecule has 0 bridgehead atoms. The van der Waals surface area contributed by atoms with Gasteiger partial charge in [-0.3, -0.25) is 4.79 Å². The summed E-state index contributed by atoms with van der Waals surface area (Å²) >= 11 is 0. The normalized spacial score (nSPS) is 25.6. The Hall–Kier alpha value is -0.650. The lowest BCUT2D eigenvalue weighted by Gasteiger charge is -2.27. The molecule has 2 unspecified atom stereocenters. The Balaban J connectivity index is 1.54. The molecule has 0 aromatic rings. The molecule has 5 nitrogen and oxygen atoms in total. The topological polar surface area (TPSA) is 73.6 Å². The number of rotatable bonds is 10. The SMILES string of the molecule is CC(CCCCOCC1CCOC1)(NC1CC1)C(N)=O. The molecular formula is C15H28N2O3. The van der Waals surface area contributed by atoms with Crippen LogP contribution in [0, 0.1) is 5.92 Å². The monoisotopic (exact) mass is 284 g/mol. The number of amides is 1. The predicted molar refractivity (Wildman–Crippen MR) is 77.4 cm³/mol. The van der Waals surface area contributed by atoms with E-state index in [9.17, 15) is 4.79 Å². The molecule has 0 spiro atoms. The van der Waals surface area contributed by atoms with Crippen molar-refractivity contribution in [1.82, 2.24) is 5.32 Å². The molecule has 0 radical (unpaired) electrons. The van der Waals surface area contributed by atoms with Gasteiger partial charge in [0.15, 0.2) is 0 Å². The van der Waals surface area contributed by atoms with Gasteiger partial charge in [0.25, 0.3) is 0 Å². The zero-order valence-electron chi connectivity index (χ0n) is 12.5. The van der Waals surface area contributed by atoms with Gasteiger partial charge in [-0.25, -0.2) is 0 Å². The number of nitrogens with one attached hydrogen (secondary N) is 1.